The average molecular weight is 207 g/mol. The topological polar surface area (TPSA) is 29.1 Å². The van der Waals surface area contributed by atoms with E-state index in [0.717, 1.165) is 18.4 Å². The van der Waals surface area contributed by atoms with E-state index in [9.17, 15) is 4.79 Å². The molecule has 2 heterocycles. The Morgan fingerprint density at radius 2 is 1.87 bits per heavy atom. The molecule has 2 unspecified atom stereocenters. The minimum Gasteiger partial charge on any atom is -0.311 e. The smallest absolute Gasteiger partial charge is 0.161 e. The maximum absolute atomic E-state index is 12.1. The van der Waals surface area contributed by atoms with Crippen LogP contribution in [0.3, 0.4) is 0 Å². The van der Waals surface area contributed by atoms with Gasteiger partial charge in [0.1, 0.15) is 0 Å². The number of hydrogen-bond donors (Lipinski definition) is 1. The second-order valence-electron chi connectivity index (χ2n) is 5.00. The predicted molar refractivity (Wildman–Crippen MR) is 61.7 cm³/mol. The molecular formula is C13H21NO. The maximum atomic E-state index is 12.1. The first kappa shape index (κ1) is 10.9. The van der Waals surface area contributed by atoms with Gasteiger partial charge in [0.2, 0.25) is 0 Å². The van der Waals surface area contributed by atoms with Crippen LogP contribution >= 0.6 is 0 Å². The number of piperidine rings is 2. The summed E-state index contributed by atoms with van der Waals surface area (Å²) >= 11 is 0. The molecule has 0 aliphatic carbocycles. The summed E-state index contributed by atoms with van der Waals surface area (Å²) in [6.07, 6.45) is 7.91. The molecule has 0 saturated carbocycles. The number of carbonyl (C=O) groups is 1. The third-order valence-electron chi connectivity index (χ3n) is 3.91. The third kappa shape index (κ3) is 2.31. The van der Waals surface area contributed by atoms with Crippen LogP contribution in [0.15, 0.2) is 11.6 Å². The molecule has 84 valence electrons. The second-order valence-corrected chi connectivity index (χ2v) is 5.00. The van der Waals surface area contributed by atoms with Gasteiger partial charge in [0.05, 0.1) is 0 Å². The van der Waals surface area contributed by atoms with Gasteiger partial charge in [0.15, 0.2) is 5.78 Å². The number of Topliss-reactive ketones (excluding diaryl/α,β-unsaturated/α-hetero) is 1. The molecule has 2 nitrogen and oxygen atoms in total. The summed E-state index contributed by atoms with van der Waals surface area (Å²) in [6.45, 7) is 3.90. The zero-order valence-electron chi connectivity index (χ0n) is 9.75. The van der Waals surface area contributed by atoms with Gasteiger partial charge in [0, 0.05) is 18.0 Å². The quantitative estimate of drug-likeness (QED) is 0.705. The van der Waals surface area contributed by atoms with E-state index in [-0.39, 0.29) is 5.92 Å². The third-order valence-corrected chi connectivity index (χ3v) is 3.91. The molecule has 0 spiro atoms. The Bertz CT molecular complexity index is 270. The molecule has 0 aromatic heterocycles. The van der Waals surface area contributed by atoms with Crippen LogP contribution in [0, 0.1) is 5.92 Å². The summed E-state index contributed by atoms with van der Waals surface area (Å²) in [6, 6.07) is 1.22. The molecule has 2 heteroatoms. The standard InChI is InChI=1S/C13H21NO/c1-3-9(2)13(15)10-7-11-5-4-6-12(8-10)14-11/h3,10-12,14H,4-8H2,1-2H3. The number of ketones is 1. The van der Waals surface area contributed by atoms with Crippen molar-refractivity contribution < 1.29 is 4.79 Å². The molecule has 2 rings (SSSR count). The van der Waals surface area contributed by atoms with E-state index < -0.39 is 0 Å². The highest BCUT2D eigenvalue weighted by Crippen LogP contribution is 2.31. The number of rotatable bonds is 2. The number of fused-ring (bicyclic) bond motifs is 2. The molecule has 15 heavy (non-hydrogen) atoms. The molecule has 0 radical (unpaired) electrons. The summed E-state index contributed by atoms with van der Waals surface area (Å²) in [5.41, 5.74) is 0.944. The normalized spacial score (nSPS) is 36.4. The van der Waals surface area contributed by atoms with Gasteiger partial charge in [-0.05, 0) is 45.1 Å². The lowest BCUT2D eigenvalue weighted by atomic mass is 9.77. The van der Waals surface area contributed by atoms with Crippen LogP contribution in [-0.2, 0) is 4.79 Å². The monoisotopic (exact) mass is 207 g/mol. The minimum atomic E-state index is 0.290. The van der Waals surface area contributed by atoms with Crippen molar-refractivity contribution >= 4 is 5.78 Å². The van der Waals surface area contributed by atoms with E-state index in [1.165, 1.54) is 19.3 Å². The maximum Gasteiger partial charge on any atom is 0.161 e. The fourth-order valence-corrected chi connectivity index (χ4v) is 2.94. The second kappa shape index (κ2) is 4.48. The van der Waals surface area contributed by atoms with Gasteiger partial charge in [0.25, 0.3) is 0 Å². The molecule has 2 aliphatic heterocycles. The number of nitrogens with one attached hydrogen (secondary N) is 1. The molecule has 0 aromatic rings. The number of carbonyl (C=O) groups excluding carboxylic acids is 1. The van der Waals surface area contributed by atoms with E-state index in [1.54, 1.807) is 0 Å². The van der Waals surface area contributed by atoms with Crippen molar-refractivity contribution in [3.8, 4) is 0 Å². The van der Waals surface area contributed by atoms with Crippen molar-refractivity contribution in [3.63, 3.8) is 0 Å². The zero-order valence-corrected chi connectivity index (χ0v) is 9.75. The van der Waals surface area contributed by atoms with E-state index in [1.807, 2.05) is 19.9 Å². The van der Waals surface area contributed by atoms with Gasteiger partial charge < -0.3 is 5.32 Å². The summed E-state index contributed by atoms with van der Waals surface area (Å²) in [7, 11) is 0. The van der Waals surface area contributed by atoms with Gasteiger partial charge >= 0.3 is 0 Å². The van der Waals surface area contributed by atoms with Crippen molar-refractivity contribution in [2.75, 3.05) is 0 Å². The molecule has 2 atom stereocenters. The summed E-state index contributed by atoms with van der Waals surface area (Å²) in [4.78, 5) is 12.1. The van der Waals surface area contributed by atoms with Crippen LogP contribution in [0.2, 0.25) is 0 Å². The van der Waals surface area contributed by atoms with Crippen molar-refractivity contribution in [2.45, 2.75) is 58.0 Å². The zero-order chi connectivity index (χ0) is 10.8. The Hall–Kier alpha value is -0.630. The van der Waals surface area contributed by atoms with Crippen LogP contribution in [0.25, 0.3) is 0 Å². The summed E-state index contributed by atoms with van der Waals surface area (Å²) in [5, 5.41) is 3.62. The van der Waals surface area contributed by atoms with Crippen LogP contribution in [-0.4, -0.2) is 17.9 Å². The fraction of sp³-hybridized carbons (Fsp3) is 0.769. The molecule has 2 aliphatic rings. The van der Waals surface area contributed by atoms with Crippen molar-refractivity contribution in [1.82, 2.24) is 5.32 Å². The molecule has 2 bridgehead atoms. The van der Waals surface area contributed by atoms with Gasteiger partial charge in [-0.25, -0.2) is 0 Å². The molecule has 0 amide bonds. The molecule has 0 aromatic carbocycles. The average Bonchev–Trinajstić information content (AvgIpc) is 2.26. The minimum absolute atomic E-state index is 0.290. The highest BCUT2D eigenvalue weighted by Gasteiger charge is 2.34. The molecule has 1 N–H and O–H groups in total. The van der Waals surface area contributed by atoms with Crippen molar-refractivity contribution in [2.24, 2.45) is 5.92 Å². The van der Waals surface area contributed by atoms with Crippen LogP contribution in [0.5, 0.6) is 0 Å². The van der Waals surface area contributed by atoms with Gasteiger partial charge in [-0.15, -0.1) is 0 Å². The SMILES string of the molecule is CC=C(C)C(=O)C1CC2CCCC(C1)N2. The lowest BCUT2D eigenvalue weighted by Crippen LogP contribution is -2.50. The van der Waals surface area contributed by atoms with Crippen molar-refractivity contribution in [3.05, 3.63) is 11.6 Å². The first-order chi connectivity index (χ1) is 7.20. The molecular weight excluding hydrogens is 186 g/mol. The summed E-state index contributed by atoms with van der Waals surface area (Å²) in [5.74, 6) is 0.675. The fourth-order valence-electron chi connectivity index (χ4n) is 2.94. The Morgan fingerprint density at radius 1 is 1.27 bits per heavy atom. The predicted octanol–water partition coefficient (Wildman–Crippen LogP) is 2.44. The lowest BCUT2D eigenvalue weighted by molar-refractivity contribution is -0.120. The van der Waals surface area contributed by atoms with Crippen LogP contribution in [0.4, 0.5) is 0 Å². The van der Waals surface area contributed by atoms with Gasteiger partial charge in [-0.1, -0.05) is 12.5 Å². The number of allylic oxidation sites excluding steroid dienone is 2. The Kier molecular flexibility index (Phi) is 3.25. The Labute approximate surface area is 92.1 Å². The van der Waals surface area contributed by atoms with Crippen LogP contribution < -0.4 is 5.32 Å². The first-order valence-corrected chi connectivity index (χ1v) is 6.14. The summed E-state index contributed by atoms with van der Waals surface area (Å²) < 4.78 is 0. The highest BCUT2D eigenvalue weighted by molar-refractivity contribution is 5.96. The largest absolute Gasteiger partial charge is 0.311 e. The first-order valence-electron chi connectivity index (χ1n) is 6.14. The Morgan fingerprint density at radius 3 is 2.40 bits per heavy atom. The number of hydrogen-bond acceptors (Lipinski definition) is 2. The lowest BCUT2D eigenvalue weighted by Gasteiger charge is -2.39. The molecule has 2 saturated heterocycles. The van der Waals surface area contributed by atoms with Gasteiger partial charge in [-0.3, -0.25) is 4.79 Å². The van der Waals surface area contributed by atoms with E-state index >= 15 is 0 Å². The van der Waals surface area contributed by atoms with Gasteiger partial charge in [-0.2, -0.15) is 0 Å². The van der Waals surface area contributed by atoms with E-state index in [2.05, 4.69) is 5.32 Å². The Balaban J connectivity index is 2.02. The van der Waals surface area contributed by atoms with E-state index in [0.29, 0.717) is 17.9 Å². The van der Waals surface area contributed by atoms with Crippen molar-refractivity contribution in [1.29, 1.82) is 0 Å². The highest BCUT2D eigenvalue weighted by atomic mass is 16.1. The molecule has 2 fully saturated rings. The van der Waals surface area contributed by atoms with E-state index in [4.69, 9.17) is 0 Å². The van der Waals surface area contributed by atoms with Crippen LogP contribution in [0.1, 0.15) is 46.0 Å².